The third kappa shape index (κ3) is 7.00. The van der Waals surface area contributed by atoms with Crippen molar-refractivity contribution in [3.8, 4) is 5.75 Å². The molecular formula is C22H23N5O4. The first-order valence-electron chi connectivity index (χ1n) is 9.55. The average Bonchev–Trinajstić information content (AvgIpc) is 3.31. The predicted molar refractivity (Wildman–Crippen MR) is 115 cm³/mol. The fourth-order valence-electron chi connectivity index (χ4n) is 2.70. The Morgan fingerprint density at radius 3 is 2.77 bits per heavy atom. The molecule has 0 aliphatic heterocycles. The van der Waals surface area contributed by atoms with Crippen molar-refractivity contribution >= 4 is 18.2 Å². The summed E-state index contributed by atoms with van der Waals surface area (Å²) in [4.78, 5) is 31.7. The first kappa shape index (κ1) is 21.6. The highest BCUT2D eigenvalue weighted by Gasteiger charge is 2.22. The van der Waals surface area contributed by atoms with E-state index < -0.39 is 18.0 Å². The van der Waals surface area contributed by atoms with Crippen molar-refractivity contribution in [2.75, 3.05) is 7.11 Å². The Morgan fingerprint density at radius 1 is 1.19 bits per heavy atom. The Labute approximate surface area is 179 Å². The normalized spacial score (nSPS) is 11.6. The molecule has 160 valence electrons. The number of nitrogens with zero attached hydrogens (tertiary/aromatic N) is 2. The Hall–Kier alpha value is -4.14. The topological polar surface area (TPSA) is 118 Å². The standard InChI is InChI=1S/C22H23N5O4/c1-30-19-9-5-8-17(10-19)12-25-27-21(28)20(11-18-13-23-15-24-18)26-22(29)31-14-16-6-3-2-4-7-16/h2-10,12-13,15,20H,11,14H2,1H3,(H,23,24)(H,26,29)(H,27,28)/b25-12-/t20-/m1/s1. The van der Waals surface area contributed by atoms with E-state index in [1.165, 1.54) is 12.5 Å². The quantitative estimate of drug-likeness (QED) is 0.362. The minimum absolute atomic E-state index is 0.0963. The maximum Gasteiger partial charge on any atom is 0.408 e. The van der Waals surface area contributed by atoms with Gasteiger partial charge in [0.25, 0.3) is 5.91 Å². The predicted octanol–water partition coefficient (Wildman–Crippen LogP) is 2.41. The number of amides is 2. The number of nitrogens with one attached hydrogen (secondary N) is 3. The molecule has 0 aliphatic carbocycles. The van der Waals surface area contributed by atoms with Crippen LogP contribution in [0.3, 0.4) is 0 Å². The minimum Gasteiger partial charge on any atom is -0.497 e. The van der Waals surface area contributed by atoms with Crippen molar-refractivity contribution in [1.82, 2.24) is 20.7 Å². The van der Waals surface area contributed by atoms with Gasteiger partial charge in [0.15, 0.2) is 0 Å². The number of hydrogen-bond donors (Lipinski definition) is 3. The molecule has 0 saturated heterocycles. The molecule has 3 N–H and O–H groups in total. The SMILES string of the molecule is COc1cccc(/C=N\NC(=O)[C@@H](Cc2cnc[nH]2)NC(=O)OCc2ccccc2)c1. The summed E-state index contributed by atoms with van der Waals surface area (Å²) in [6.45, 7) is 0.0963. The summed E-state index contributed by atoms with van der Waals surface area (Å²) in [6, 6.07) is 15.6. The number of imidazole rings is 1. The summed E-state index contributed by atoms with van der Waals surface area (Å²) in [7, 11) is 1.57. The molecule has 0 aliphatic rings. The maximum atomic E-state index is 12.6. The fraction of sp³-hybridized carbons (Fsp3) is 0.182. The lowest BCUT2D eigenvalue weighted by molar-refractivity contribution is -0.123. The van der Waals surface area contributed by atoms with Crippen LogP contribution in [0.1, 0.15) is 16.8 Å². The highest BCUT2D eigenvalue weighted by atomic mass is 16.5. The Kier molecular flexibility index (Phi) is 7.76. The first-order valence-corrected chi connectivity index (χ1v) is 9.55. The van der Waals surface area contributed by atoms with Gasteiger partial charge in [-0.25, -0.2) is 15.2 Å². The lowest BCUT2D eigenvalue weighted by Gasteiger charge is -2.16. The summed E-state index contributed by atoms with van der Waals surface area (Å²) in [5.41, 5.74) is 4.72. The second-order valence-corrected chi connectivity index (χ2v) is 6.55. The number of benzene rings is 2. The smallest absolute Gasteiger partial charge is 0.408 e. The third-order valence-electron chi connectivity index (χ3n) is 4.28. The van der Waals surface area contributed by atoms with Gasteiger partial charge in [0.05, 0.1) is 19.7 Å². The molecule has 0 fully saturated rings. The van der Waals surface area contributed by atoms with Crippen molar-refractivity contribution in [3.05, 3.63) is 83.9 Å². The van der Waals surface area contributed by atoms with Gasteiger partial charge in [-0.1, -0.05) is 42.5 Å². The average molecular weight is 421 g/mol. The number of aromatic nitrogens is 2. The number of alkyl carbamates (subject to hydrolysis) is 1. The van der Waals surface area contributed by atoms with E-state index in [2.05, 4.69) is 25.8 Å². The molecule has 1 atom stereocenters. The zero-order chi connectivity index (χ0) is 21.9. The number of hydrazone groups is 1. The second kappa shape index (κ2) is 11.1. The molecule has 3 aromatic rings. The molecular weight excluding hydrogens is 398 g/mol. The van der Waals surface area contributed by atoms with Gasteiger partial charge < -0.3 is 19.8 Å². The molecule has 9 nitrogen and oxygen atoms in total. The molecule has 31 heavy (non-hydrogen) atoms. The van der Waals surface area contributed by atoms with Gasteiger partial charge in [0.2, 0.25) is 0 Å². The van der Waals surface area contributed by atoms with Gasteiger partial charge in [-0.3, -0.25) is 4.79 Å². The van der Waals surface area contributed by atoms with Crippen LogP contribution < -0.4 is 15.5 Å². The maximum absolute atomic E-state index is 12.6. The number of rotatable bonds is 9. The molecule has 0 unspecified atom stereocenters. The molecule has 0 bridgehead atoms. The number of methoxy groups -OCH3 is 1. The second-order valence-electron chi connectivity index (χ2n) is 6.55. The minimum atomic E-state index is -0.911. The summed E-state index contributed by atoms with van der Waals surface area (Å²) < 4.78 is 10.4. The van der Waals surface area contributed by atoms with Gasteiger partial charge >= 0.3 is 6.09 Å². The first-order chi connectivity index (χ1) is 15.1. The van der Waals surface area contributed by atoms with E-state index in [4.69, 9.17) is 9.47 Å². The Morgan fingerprint density at radius 2 is 2.03 bits per heavy atom. The molecule has 1 aromatic heterocycles. The molecule has 0 radical (unpaired) electrons. The zero-order valence-electron chi connectivity index (χ0n) is 16.9. The number of hydrogen-bond acceptors (Lipinski definition) is 6. The van der Waals surface area contributed by atoms with E-state index in [1.54, 1.807) is 25.4 Å². The summed E-state index contributed by atoms with van der Waals surface area (Å²) in [5.74, 6) is 0.181. The van der Waals surface area contributed by atoms with Crippen LogP contribution in [-0.4, -0.2) is 41.3 Å². The number of aromatic amines is 1. The molecule has 3 rings (SSSR count). The molecule has 1 heterocycles. The zero-order valence-corrected chi connectivity index (χ0v) is 16.9. The molecule has 2 aromatic carbocycles. The van der Waals surface area contributed by atoms with Crippen molar-refractivity contribution in [1.29, 1.82) is 0 Å². The summed E-state index contributed by atoms with van der Waals surface area (Å²) in [6.07, 6.45) is 4.05. The highest BCUT2D eigenvalue weighted by Crippen LogP contribution is 2.10. The van der Waals surface area contributed by atoms with Crippen molar-refractivity contribution in [2.24, 2.45) is 5.10 Å². The number of ether oxygens (including phenoxy) is 2. The molecule has 0 saturated carbocycles. The molecule has 0 spiro atoms. The van der Waals surface area contributed by atoms with Crippen LogP contribution in [0.5, 0.6) is 5.75 Å². The van der Waals surface area contributed by atoms with Gasteiger partial charge in [0, 0.05) is 18.3 Å². The van der Waals surface area contributed by atoms with Gasteiger partial charge in [-0.15, -0.1) is 0 Å². The van der Waals surface area contributed by atoms with Crippen LogP contribution in [0.25, 0.3) is 0 Å². The van der Waals surface area contributed by atoms with Crippen LogP contribution in [0.4, 0.5) is 4.79 Å². The van der Waals surface area contributed by atoms with Crippen molar-refractivity contribution in [2.45, 2.75) is 19.1 Å². The van der Waals surface area contributed by atoms with Crippen LogP contribution in [0.15, 0.2) is 72.2 Å². The van der Waals surface area contributed by atoms with Crippen LogP contribution in [-0.2, 0) is 22.6 Å². The van der Waals surface area contributed by atoms with Gasteiger partial charge in [-0.2, -0.15) is 5.10 Å². The lowest BCUT2D eigenvalue weighted by Crippen LogP contribution is -2.47. The van der Waals surface area contributed by atoms with Gasteiger partial charge in [0.1, 0.15) is 18.4 Å². The van der Waals surface area contributed by atoms with Crippen LogP contribution >= 0.6 is 0 Å². The van der Waals surface area contributed by atoms with E-state index in [1.807, 2.05) is 42.5 Å². The Bertz CT molecular complexity index is 1010. The fourth-order valence-corrected chi connectivity index (χ4v) is 2.70. The van der Waals surface area contributed by atoms with Crippen LogP contribution in [0, 0.1) is 0 Å². The van der Waals surface area contributed by atoms with Gasteiger partial charge in [-0.05, 0) is 23.3 Å². The van der Waals surface area contributed by atoms with E-state index in [-0.39, 0.29) is 13.0 Å². The third-order valence-corrected chi connectivity index (χ3v) is 4.28. The lowest BCUT2D eigenvalue weighted by atomic mass is 10.1. The molecule has 9 heteroatoms. The monoisotopic (exact) mass is 421 g/mol. The van der Waals surface area contributed by atoms with E-state index in [0.29, 0.717) is 11.4 Å². The highest BCUT2D eigenvalue weighted by molar-refractivity contribution is 5.87. The summed E-state index contributed by atoms with van der Waals surface area (Å²) in [5, 5.41) is 6.55. The van der Waals surface area contributed by atoms with Crippen molar-refractivity contribution < 1.29 is 19.1 Å². The molecule has 2 amide bonds. The van der Waals surface area contributed by atoms with E-state index in [0.717, 1.165) is 11.1 Å². The van der Waals surface area contributed by atoms with Crippen LogP contribution in [0.2, 0.25) is 0 Å². The number of H-pyrrole nitrogens is 1. The largest absolute Gasteiger partial charge is 0.497 e. The van der Waals surface area contributed by atoms with E-state index in [9.17, 15) is 9.59 Å². The van der Waals surface area contributed by atoms with Crippen molar-refractivity contribution in [3.63, 3.8) is 0 Å². The summed E-state index contributed by atoms with van der Waals surface area (Å²) >= 11 is 0. The van der Waals surface area contributed by atoms with E-state index >= 15 is 0 Å². The number of carbonyl (C=O) groups excluding carboxylic acids is 2. The number of carbonyl (C=O) groups is 2. The Balaban J connectivity index is 1.59.